The average Bonchev–Trinajstić information content (AvgIpc) is 2.16. The first kappa shape index (κ1) is 12.7. The first-order chi connectivity index (χ1) is 7.36. The van der Waals surface area contributed by atoms with Gasteiger partial charge in [-0.25, -0.2) is 13.6 Å². The summed E-state index contributed by atoms with van der Waals surface area (Å²) in [5.74, 6) is 0.613. The number of benzene rings is 1. The Labute approximate surface area is 95.8 Å². The normalized spacial score (nSPS) is 11.2. The highest BCUT2D eigenvalue weighted by Gasteiger charge is 2.12. The topological polar surface area (TPSA) is 69.4 Å². The molecule has 1 aromatic rings. The molecule has 0 radical (unpaired) electrons. The zero-order valence-corrected chi connectivity index (χ0v) is 10.2. The lowest BCUT2D eigenvalue weighted by Crippen LogP contribution is -2.12. The molecule has 1 aromatic carbocycles. The summed E-state index contributed by atoms with van der Waals surface area (Å²) >= 11 is 0. The minimum absolute atomic E-state index is 0.0638. The van der Waals surface area contributed by atoms with Gasteiger partial charge in [-0.1, -0.05) is 6.58 Å². The highest BCUT2D eigenvalue weighted by molar-refractivity contribution is 7.89. The maximum Gasteiger partial charge on any atom is 0.238 e. The zero-order valence-electron chi connectivity index (χ0n) is 9.36. The third-order valence-corrected chi connectivity index (χ3v) is 2.95. The van der Waals surface area contributed by atoms with E-state index in [0.717, 1.165) is 5.57 Å². The molecule has 0 atom stereocenters. The number of rotatable bonds is 4. The first-order valence-corrected chi connectivity index (χ1v) is 6.36. The number of hydrogen-bond donors (Lipinski definition) is 1. The van der Waals surface area contributed by atoms with E-state index in [-0.39, 0.29) is 4.90 Å². The van der Waals surface area contributed by atoms with Crippen molar-refractivity contribution in [1.82, 2.24) is 0 Å². The Morgan fingerprint density at radius 3 is 2.56 bits per heavy atom. The lowest BCUT2D eigenvalue weighted by Gasteiger charge is -2.11. The van der Waals surface area contributed by atoms with Gasteiger partial charge in [0, 0.05) is 5.56 Å². The number of nitrogens with two attached hydrogens (primary N) is 1. The number of hydrogen-bond acceptors (Lipinski definition) is 3. The molecule has 0 aromatic heterocycles. The van der Waals surface area contributed by atoms with E-state index in [1.807, 2.05) is 6.92 Å². The summed E-state index contributed by atoms with van der Waals surface area (Å²) in [6, 6.07) is 4.49. The van der Waals surface area contributed by atoms with E-state index in [1.165, 1.54) is 12.1 Å². The van der Waals surface area contributed by atoms with Gasteiger partial charge in [-0.2, -0.15) is 0 Å². The van der Waals surface area contributed by atoms with Gasteiger partial charge < -0.3 is 4.74 Å². The fourth-order valence-corrected chi connectivity index (χ4v) is 1.84. The second kappa shape index (κ2) is 4.67. The van der Waals surface area contributed by atoms with Crippen LogP contribution in [0.1, 0.15) is 19.4 Å². The smallest absolute Gasteiger partial charge is 0.238 e. The van der Waals surface area contributed by atoms with Crippen molar-refractivity contribution in [2.75, 3.05) is 6.61 Å². The average molecular weight is 241 g/mol. The van der Waals surface area contributed by atoms with Crippen LogP contribution in [0.2, 0.25) is 0 Å². The van der Waals surface area contributed by atoms with Gasteiger partial charge in [-0.3, -0.25) is 0 Å². The van der Waals surface area contributed by atoms with E-state index in [2.05, 4.69) is 6.58 Å². The zero-order chi connectivity index (χ0) is 12.3. The molecule has 5 heteroatoms. The number of allylic oxidation sites excluding steroid dienone is 1. The molecule has 0 aliphatic carbocycles. The highest BCUT2D eigenvalue weighted by Crippen LogP contribution is 2.27. The van der Waals surface area contributed by atoms with Crippen molar-refractivity contribution < 1.29 is 13.2 Å². The Bertz CT molecular complexity index is 506. The summed E-state index contributed by atoms with van der Waals surface area (Å²) in [4.78, 5) is 0.0638. The molecular formula is C11H15NO3S. The molecule has 0 bridgehead atoms. The second-order valence-electron chi connectivity index (χ2n) is 3.42. The molecule has 88 valence electrons. The van der Waals surface area contributed by atoms with Crippen molar-refractivity contribution in [3.63, 3.8) is 0 Å². The molecule has 0 aliphatic rings. The van der Waals surface area contributed by atoms with Crippen molar-refractivity contribution in [2.24, 2.45) is 5.14 Å². The molecule has 0 heterocycles. The molecule has 16 heavy (non-hydrogen) atoms. The van der Waals surface area contributed by atoms with Gasteiger partial charge in [0.05, 0.1) is 11.5 Å². The largest absolute Gasteiger partial charge is 0.493 e. The third kappa shape index (κ3) is 2.84. The van der Waals surface area contributed by atoms with Crippen LogP contribution >= 0.6 is 0 Å². The first-order valence-electron chi connectivity index (χ1n) is 4.81. The monoisotopic (exact) mass is 241 g/mol. The minimum Gasteiger partial charge on any atom is -0.493 e. The Balaban J connectivity index is 3.34. The van der Waals surface area contributed by atoms with E-state index in [4.69, 9.17) is 9.88 Å². The van der Waals surface area contributed by atoms with Gasteiger partial charge >= 0.3 is 0 Å². The van der Waals surface area contributed by atoms with Crippen LogP contribution in [0.15, 0.2) is 29.7 Å². The number of sulfonamides is 1. The summed E-state index contributed by atoms with van der Waals surface area (Å²) in [6.07, 6.45) is 0. The predicted octanol–water partition coefficient (Wildman–Crippen LogP) is 1.77. The van der Waals surface area contributed by atoms with E-state index >= 15 is 0 Å². The number of ether oxygens (including phenoxy) is 1. The lowest BCUT2D eigenvalue weighted by molar-refractivity contribution is 0.339. The van der Waals surface area contributed by atoms with E-state index in [9.17, 15) is 8.42 Å². The second-order valence-corrected chi connectivity index (χ2v) is 4.98. The Morgan fingerprint density at radius 2 is 2.12 bits per heavy atom. The van der Waals surface area contributed by atoms with Crippen LogP contribution in [0.3, 0.4) is 0 Å². The van der Waals surface area contributed by atoms with Gasteiger partial charge in [0.2, 0.25) is 10.0 Å². The summed E-state index contributed by atoms with van der Waals surface area (Å²) < 4.78 is 27.7. The molecule has 4 nitrogen and oxygen atoms in total. The van der Waals surface area contributed by atoms with Crippen molar-refractivity contribution in [3.8, 4) is 5.75 Å². The maximum absolute atomic E-state index is 11.2. The van der Waals surface area contributed by atoms with Crippen molar-refractivity contribution in [3.05, 3.63) is 30.3 Å². The summed E-state index contributed by atoms with van der Waals surface area (Å²) in [6.45, 7) is 7.92. The molecule has 0 saturated carbocycles. The Kier molecular flexibility index (Phi) is 3.72. The van der Waals surface area contributed by atoms with Crippen LogP contribution < -0.4 is 9.88 Å². The predicted molar refractivity (Wildman–Crippen MR) is 63.7 cm³/mol. The molecule has 0 spiro atoms. The molecule has 2 N–H and O–H groups in total. The maximum atomic E-state index is 11.2. The van der Waals surface area contributed by atoms with Gasteiger partial charge in [0.15, 0.2) is 0 Å². The molecule has 0 saturated heterocycles. The van der Waals surface area contributed by atoms with Gasteiger partial charge in [-0.15, -0.1) is 0 Å². The quantitative estimate of drug-likeness (QED) is 0.873. The molecule has 0 unspecified atom stereocenters. The van der Waals surface area contributed by atoms with Gasteiger partial charge in [-0.05, 0) is 37.6 Å². The molecule has 1 rings (SSSR count). The van der Waals surface area contributed by atoms with Crippen LogP contribution in [-0.4, -0.2) is 15.0 Å². The van der Waals surface area contributed by atoms with Crippen LogP contribution in [0, 0.1) is 0 Å². The van der Waals surface area contributed by atoms with Crippen LogP contribution in [0.4, 0.5) is 0 Å². The van der Waals surface area contributed by atoms with Gasteiger partial charge in [0.25, 0.3) is 0 Å². The summed E-state index contributed by atoms with van der Waals surface area (Å²) in [5, 5.41) is 5.05. The lowest BCUT2D eigenvalue weighted by atomic mass is 10.1. The fraction of sp³-hybridized carbons (Fsp3) is 0.273. The van der Waals surface area contributed by atoms with E-state index < -0.39 is 10.0 Å². The van der Waals surface area contributed by atoms with Crippen LogP contribution in [0.5, 0.6) is 5.75 Å². The Morgan fingerprint density at radius 1 is 1.50 bits per heavy atom. The van der Waals surface area contributed by atoms with Gasteiger partial charge in [0.1, 0.15) is 5.75 Å². The third-order valence-electron chi connectivity index (χ3n) is 2.04. The van der Waals surface area contributed by atoms with Crippen molar-refractivity contribution in [1.29, 1.82) is 0 Å². The van der Waals surface area contributed by atoms with Crippen LogP contribution in [0.25, 0.3) is 5.57 Å². The molecule has 0 aliphatic heterocycles. The standard InChI is InChI=1S/C11H15NO3S/c1-4-15-11-6-5-9(16(12,13)14)7-10(11)8(2)3/h5-7H,2,4H2,1,3H3,(H2,12,13,14). The molecule has 0 amide bonds. The molecular weight excluding hydrogens is 226 g/mol. The highest BCUT2D eigenvalue weighted by atomic mass is 32.2. The van der Waals surface area contributed by atoms with Crippen molar-refractivity contribution in [2.45, 2.75) is 18.7 Å². The van der Waals surface area contributed by atoms with Crippen LogP contribution in [-0.2, 0) is 10.0 Å². The summed E-state index contributed by atoms with van der Waals surface area (Å²) in [5.41, 5.74) is 1.39. The minimum atomic E-state index is -3.69. The van der Waals surface area contributed by atoms with E-state index in [1.54, 1.807) is 13.0 Å². The fourth-order valence-electron chi connectivity index (χ4n) is 1.30. The Hall–Kier alpha value is -1.33. The number of primary sulfonamides is 1. The van der Waals surface area contributed by atoms with E-state index in [0.29, 0.717) is 17.9 Å². The summed E-state index contributed by atoms with van der Waals surface area (Å²) in [7, 11) is -3.69. The SMILES string of the molecule is C=C(C)c1cc(S(N)(=O)=O)ccc1OCC. The van der Waals surface area contributed by atoms with Crippen molar-refractivity contribution >= 4 is 15.6 Å². The molecule has 0 fully saturated rings.